The van der Waals surface area contributed by atoms with E-state index in [9.17, 15) is 39.6 Å². The minimum Gasteiger partial charge on any atom is -0.508 e. The van der Waals surface area contributed by atoms with Gasteiger partial charge >= 0.3 is 11.9 Å². The maximum atomic E-state index is 12.7. The summed E-state index contributed by atoms with van der Waals surface area (Å²) in [5, 5.41) is 63.9. The van der Waals surface area contributed by atoms with Gasteiger partial charge in [0.15, 0.2) is 0 Å². The Morgan fingerprint density at radius 2 is 1.53 bits per heavy atom. The van der Waals surface area contributed by atoms with E-state index in [4.69, 9.17) is 15.9 Å². The Kier molecular flexibility index (Phi) is 13.3. The van der Waals surface area contributed by atoms with E-state index in [0.29, 0.717) is 5.56 Å². The number of thioether (sulfide) groups is 1. The van der Waals surface area contributed by atoms with Crippen molar-refractivity contribution in [3.05, 3.63) is 53.1 Å². The fourth-order valence-electron chi connectivity index (χ4n) is 3.99. The quantitative estimate of drug-likeness (QED) is 0.122. The number of benzene rings is 2. The number of nitrogens with two attached hydrogens (primary N) is 1. The van der Waals surface area contributed by atoms with Crippen LogP contribution in [0.4, 0.5) is 0 Å². The molecule has 13 nitrogen and oxygen atoms in total. The van der Waals surface area contributed by atoms with Crippen molar-refractivity contribution in [1.29, 1.82) is 0 Å². The van der Waals surface area contributed by atoms with Crippen LogP contribution in [-0.4, -0.2) is 84.0 Å². The van der Waals surface area contributed by atoms with Crippen LogP contribution in [-0.2, 0) is 19.2 Å². The summed E-state index contributed by atoms with van der Waals surface area (Å²) >= 11 is 1.06. The highest BCUT2D eigenvalue weighted by atomic mass is 32.2. The predicted molar refractivity (Wildman–Crippen MR) is 160 cm³/mol. The Morgan fingerprint density at radius 3 is 2.07 bits per heavy atom. The highest BCUT2D eigenvalue weighted by Crippen LogP contribution is 2.41. The van der Waals surface area contributed by atoms with Gasteiger partial charge in [-0.25, -0.2) is 0 Å². The van der Waals surface area contributed by atoms with Crippen LogP contribution in [0.2, 0.25) is 0 Å². The molecule has 0 saturated carbocycles. The number of phenolic OH excluding ortho intramolecular Hbond substituents is 3. The molecule has 0 bridgehead atoms. The van der Waals surface area contributed by atoms with E-state index in [1.165, 1.54) is 24.3 Å². The van der Waals surface area contributed by atoms with Gasteiger partial charge in [0.1, 0.15) is 35.9 Å². The molecule has 4 unspecified atom stereocenters. The third-order valence-electron chi connectivity index (χ3n) is 6.30. The molecule has 0 aromatic heterocycles. The van der Waals surface area contributed by atoms with Crippen LogP contribution in [0.25, 0.3) is 12.2 Å². The topological polar surface area (TPSA) is 240 Å². The number of phenols is 3. The second kappa shape index (κ2) is 16.4. The number of carboxylic acid groups (broad SMARTS) is 2. The SMILES string of the molecule is CC(C)C(SCC(NC(=O)CCC(N)C(=O)O)C(=O)NCC(=O)O)C(O)c1c(O)cc(/C=C/c2ccc(O)cc2)cc1O. The van der Waals surface area contributed by atoms with E-state index < -0.39 is 53.7 Å². The fraction of sp³-hybridized carbons (Fsp3) is 0.379. The number of aliphatic hydroxyl groups excluding tert-OH is 1. The number of hydrogen-bond acceptors (Lipinski definition) is 10. The summed E-state index contributed by atoms with van der Waals surface area (Å²) in [6.07, 6.45) is 1.43. The molecule has 2 rings (SSSR count). The lowest BCUT2D eigenvalue weighted by Crippen LogP contribution is -2.50. The second-order valence-electron chi connectivity index (χ2n) is 10.1. The molecular formula is C29H37N3O10S. The zero-order valence-corrected chi connectivity index (χ0v) is 24.5. The summed E-state index contributed by atoms with van der Waals surface area (Å²) in [6, 6.07) is 6.57. The number of aromatic hydroxyl groups is 3. The number of amides is 2. The Morgan fingerprint density at radius 1 is 0.953 bits per heavy atom. The maximum Gasteiger partial charge on any atom is 0.322 e. The van der Waals surface area contributed by atoms with Gasteiger partial charge in [0.2, 0.25) is 11.8 Å². The normalized spacial score (nSPS) is 14.2. The number of aliphatic hydroxyl groups is 1. The largest absolute Gasteiger partial charge is 0.508 e. The Bertz CT molecular complexity index is 1290. The van der Waals surface area contributed by atoms with Gasteiger partial charge in [-0.3, -0.25) is 19.2 Å². The first-order valence-electron chi connectivity index (χ1n) is 13.3. The van der Waals surface area contributed by atoms with Gasteiger partial charge in [-0.15, -0.1) is 0 Å². The lowest BCUT2D eigenvalue weighted by molar-refractivity contribution is -0.139. The van der Waals surface area contributed by atoms with Crippen LogP contribution in [0.3, 0.4) is 0 Å². The maximum absolute atomic E-state index is 12.7. The van der Waals surface area contributed by atoms with Crippen molar-refractivity contribution in [2.45, 2.75) is 50.1 Å². The number of carbonyl (C=O) groups excluding carboxylic acids is 2. The minimum atomic E-state index is -1.41. The monoisotopic (exact) mass is 619 g/mol. The first kappa shape index (κ1) is 34.9. The average molecular weight is 620 g/mol. The number of rotatable bonds is 16. The first-order chi connectivity index (χ1) is 20.2. The zero-order valence-electron chi connectivity index (χ0n) is 23.6. The predicted octanol–water partition coefficient (Wildman–Crippen LogP) is 1.64. The molecule has 43 heavy (non-hydrogen) atoms. The molecule has 0 fully saturated rings. The smallest absolute Gasteiger partial charge is 0.322 e. The van der Waals surface area contributed by atoms with Crippen molar-refractivity contribution in [3.63, 3.8) is 0 Å². The van der Waals surface area contributed by atoms with Gasteiger partial charge in [-0.05, 0) is 47.7 Å². The highest BCUT2D eigenvalue weighted by Gasteiger charge is 2.32. The van der Waals surface area contributed by atoms with Gasteiger partial charge in [-0.2, -0.15) is 11.8 Å². The van der Waals surface area contributed by atoms with Crippen molar-refractivity contribution in [2.24, 2.45) is 11.7 Å². The number of aliphatic carboxylic acids is 2. The van der Waals surface area contributed by atoms with E-state index >= 15 is 0 Å². The van der Waals surface area contributed by atoms with Crippen LogP contribution in [0.5, 0.6) is 17.2 Å². The summed E-state index contributed by atoms with van der Waals surface area (Å²) in [4.78, 5) is 47.0. The lowest BCUT2D eigenvalue weighted by Gasteiger charge is -2.29. The van der Waals surface area contributed by atoms with Crippen molar-refractivity contribution < 1.29 is 49.8 Å². The van der Waals surface area contributed by atoms with Crippen LogP contribution >= 0.6 is 11.8 Å². The molecule has 14 heteroatoms. The third-order valence-corrected chi connectivity index (χ3v) is 8.02. The molecule has 0 spiro atoms. The lowest BCUT2D eigenvalue weighted by atomic mass is 9.96. The van der Waals surface area contributed by atoms with Gasteiger partial charge in [0.05, 0.1) is 11.7 Å². The number of hydrogen-bond donors (Lipinski definition) is 9. The molecule has 0 saturated heterocycles. The van der Waals surface area contributed by atoms with E-state index in [1.54, 1.807) is 38.1 Å². The molecule has 4 atom stereocenters. The van der Waals surface area contributed by atoms with Crippen molar-refractivity contribution in [3.8, 4) is 17.2 Å². The first-order valence-corrected chi connectivity index (χ1v) is 14.3. The van der Waals surface area contributed by atoms with Crippen LogP contribution < -0.4 is 16.4 Å². The number of carboxylic acids is 2. The second-order valence-corrected chi connectivity index (χ2v) is 11.3. The van der Waals surface area contributed by atoms with Crippen LogP contribution in [0.1, 0.15) is 49.5 Å². The molecule has 0 radical (unpaired) electrons. The fourth-order valence-corrected chi connectivity index (χ4v) is 5.34. The van der Waals surface area contributed by atoms with Crippen LogP contribution in [0, 0.1) is 5.92 Å². The van der Waals surface area contributed by atoms with Gasteiger partial charge in [0, 0.05) is 17.4 Å². The molecule has 234 valence electrons. The molecule has 2 amide bonds. The Balaban J connectivity index is 2.21. The summed E-state index contributed by atoms with van der Waals surface area (Å²) in [5.41, 5.74) is 6.50. The van der Waals surface area contributed by atoms with Gasteiger partial charge in [0.25, 0.3) is 0 Å². The molecule has 2 aromatic rings. The number of nitrogens with one attached hydrogen (secondary N) is 2. The van der Waals surface area contributed by atoms with Crippen LogP contribution in [0.15, 0.2) is 36.4 Å². The molecule has 0 aliphatic rings. The Hall–Kier alpha value is -4.27. The molecule has 0 heterocycles. The highest BCUT2D eigenvalue weighted by molar-refractivity contribution is 8.00. The van der Waals surface area contributed by atoms with Gasteiger partial charge in [-0.1, -0.05) is 38.1 Å². The summed E-state index contributed by atoms with van der Waals surface area (Å²) < 4.78 is 0. The average Bonchev–Trinajstić information content (AvgIpc) is 2.93. The summed E-state index contributed by atoms with van der Waals surface area (Å²) in [6.45, 7) is 2.84. The number of carbonyl (C=O) groups is 4. The summed E-state index contributed by atoms with van der Waals surface area (Å²) in [7, 11) is 0. The molecular weight excluding hydrogens is 582 g/mol. The van der Waals surface area contributed by atoms with E-state index in [1.807, 2.05) is 0 Å². The standard InChI is InChI=1S/C29H37N3O10S/c1-15(2)27(43-14-20(28(40)31-13-24(37)38)32-23(36)10-9-19(30)29(41)42)26(39)25-21(34)11-17(12-22(25)35)4-3-16-5-7-18(33)8-6-16/h3-8,11-12,15,19-20,26-27,33-35,39H,9-10,13-14,30H2,1-2H3,(H,31,40)(H,32,36)(H,37,38)(H,41,42)/b4-3+. The molecule has 10 N–H and O–H groups in total. The van der Waals surface area contributed by atoms with Gasteiger partial charge < -0.3 is 47.0 Å². The van der Waals surface area contributed by atoms with Crippen molar-refractivity contribution >= 4 is 47.7 Å². The van der Waals surface area contributed by atoms with E-state index in [-0.39, 0.29) is 47.3 Å². The molecule has 0 aliphatic heterocycles. The van der Waals surface area contributed by atoms with E-state index in [0.717, 1.165) is 17.3 Å². The van der Waals surface area contributed by atoms with E-state index in [2.05, 4.69) is 10.6 Å². The molecule has 0 aliphatic carbocycles. The van der Waals surface area contributed by atoms with Crippen molar-refractivity contribution in [1.82, 2.24) is 10.6 Å². The Labute approximate surface area is 252 Å². The minimum absolute atomic E-state index is 0.110. The summed E-state index contributed by atoms with van der Waals surface area (Å²) in [5.74, 6) is -5.11. The third kappa shape index (κ3) is 11.1. The zero-order chi connectivity index (χ0) is 32.3. The molecule has 2 aromatic carbocycles. The van der Waals surface area contributed by atoms with Crippen molar-refractivity contribution in [2.75, 3.05) is 12.3 Å².